The zero-order valence-corrected chi connectivity index (χ0v) is 14.6. The van der Waals surface area contributed by atoms with Crippen LogP contribution in [0.5, 0.6) is 0 Å². The van der Waals surface area contributed by atoms with Gasteiger partial charge in [-0.05, 0) is 56.5 Å². The maximum atomic E-state index is 10.4. The average molecular weight is 296 g/mol. The number of aliphatic hydroxyl groups excluding tert-OH is 1. The molecule has 1 aliphatic heterocycles. The van der Waals surface area contributed by atoms with Crippen molar-refractivity contribution in [3.63, 3.8) is 0 Å². The summed E-state index contributed by atoms with van der Waals surface area (Å²) in [6.45, 7) is 9.91. The van der Waals surface area contributed by atoms with Crippen molar-refractivity contribution in [2.45, 2.75) is 71.4 Å². The second-order valence-electron chi connectivity index (χ2n) is 8.70. The number of likely N-dealkylation sites (tertiary alicyclic amines) is 1. The summed E-state index contributed by atoms with van der Waals surface area (Å²) in [5, 5.41) is 14.2. The minimum absolute atomic E-state index is 0.00277. The third kappa shape index (κ3) is 5.54. The maximum Gasteiger partial charge on any atom is 0.0591 e. The molecule has 0 aromatic heterocycles. The quantitative estimate of drug-likeness (QED) is 0.819. The highest BCUT2D eigenvalue weighted by atomic mass is 16.3. The summed E-state index contributed by atoms with van der Waals surface area (Å²) in [7, 11) is 2.22. The smallest absolute Gasteiger partial charge is 0.0591 e. The van der Waals surface area contributed by atoms with E-state index in [-0.39, 0.29) is 11.5 Å². The Balaban J connectivity index is 1.78. The van der Waals surface area contributed by atoms with Gasteiger partial charge in [-0.25, -0.2) is 0 Å². The molecule has 1 aliphatic carbocycles. The molecule has 3 unspecified atom stereocenters. The number of rotatable bonds is 5. The van der Waals surface area contributed by atoms with E-state index in [2.05, 4.69) is 38.0 Å². The van der Waals surface area contributed by atoms with Gasteiger partial charge < -0.3 is 15.3 Å². The van der Waals surface area contributed by atoms with Crippen molar-refractivity contribution < 1.29 is 5.11 Å². The summed E-state index contributed by atoms with van der Waals surface area (Å²) < 4.78 is 0. The third-order valence-electron chi connectivity index (χ3n) is 5.45. The van der Waals surface area contributed by atoms with Crippen LogP contribution in [-0.4, -0.2) is 48.8 Å². The Hall–Kier alpha value is -0.120. The first-order valence-corrected chi connectivity index (χ1v) is 8.94. The van der Waals surface area contributed by atoms with Gasteiger partial charge in [0, 0.05) is 19.1 Å². The number of nitrogens with zero attached hydrogens (tertiary/aromatic N) is 1. The monoisotopic (exact) mass is 296 g/mol. The van der Waals surface area contributed by atoms with Crippen LogP contribution in [0.3, 0.4) is 0 Å². The van der Waals surface area contributed by atoms with Gasteiger partial charge in [-0.3, -0.25) is 0 Å². The Labute approximate surface area is 131 Å². The molecule has 2 aliphatic rings. The molecule has 2 N–H and O–H groups in total. The largest absolute Gasteiger partial charge is 0.393 e. The second-order valence-corrected chi connectivity index (χ2v) is 8.70. The molecule has 3 heteroatoms. The molecular weight excluding hydrogens is 260 g/mol. The first-order valence-electron chi connectivity index (χ1n) is 8.94. The highest BCUT2D eigenvalue weighted by Gasteiger charge is 2.31. The van der Waals surface area contributed by atoms with Crippen molar-refractivity contribution in [2.75, 3.05) is 26.7 Å². The number of likely N-dealkylation sites (N-methyl/N-ethyl adjacent to an activating group) is 1. The third-order valence-corrected chi connectivity index (χ3v) is 5.45. The molecule has 124 valence electrons. The molecule has 1 heterocycles. The Morgan fingerprint density at radius 2 is 1.81 bits per heavy atom. The van der Waals surface area contributed by atoms with E-state index >= 15 is 0 Å². The lowest BCUT2D eigenvalue weighted by Crippen LogP contribution is -2.49. The van der Waals surface area contributed by atoms with Gasteiger partial charge >= 0.3 is 0 Å². The van der Waals surface area contributed by atoms with Crippen molar-refractivity contribution in [3.05, 3.63) is 0 Å². The molecule has 1 saturated heterocycles. The molecule has 0 radical (unpaired) electrons. The summed E-state index contributed by atoms with van der Waals surface area (Å²) >= 11 is 0. The Bertz CT molecular complexity index is 307. The van der Waals surface area contributed by atoms with E-state index in [1.54, 1.807) is 0 Å². The van der Waals surface area contributed by atoms with Gasteiger partial charge in [-0.15, -0.1) is 0 Å². The van der Waals surface area contributed by atoms with Gasteiger partial charge in [0.25, 0.3) is 0 Å². The average Bonchev–Trinajstić information content (AvgIpc) is 2.87. The van der Waals surface area contributed by atoms with Crippen LogP contribution in [0.2, 0.25) is 0 Å². The molecule has 0 amide bonds. The molecule has 3 nitrogen and oxygen atoms in total. The highest BCUT2D eigenvalue weighted by molar-refractivity contribution is 4.86. The predicted molar refractivity (Wildman–Crippen MR) is 89.4 cm³/mol. The van der Waals surface area contributed by atoms with Crippen LogP contribution in [0, 0.1) is 17.3 Å². The van der Waals surface area contributed by atoms with Gasteiger partial charge in [0.05, 0.1) is 6.10 Å². The fraction of sp³-hybridized carbons (Fsp3) is 1.00. The summed E-state index contributed by atoms with van der Waals surface area (Å²) in [5.41, 5.74) is 0.00277. The molecule has 0 aromatic carbocycles. The van der Waals surface area contributed by atoms with Crippen molar-refractivity contribution in [1.29, 1.82) is 0 Å². The lowest BCUT2D eigenvalue weighted by atomic mass is 9.80. The number of aliphatic hydroxyl groups is 1. The van der Waals surface area contributed by atoms with E-state index in [4.69, 9.17) is 0 Å². The summed E-state index contributed by atoms with van der Waals surface area (Å²) in [4.78, 5) is 2.44. The predicted octanol–water partition coefficient (Wildman–Crippen LogP) is 2.88. The normalized spacial score (nSPS) is 30.7. The maximum absolute atomic E-state index is 10.4. The summed E-state index contributed by atoms with van der Waals surface area (Å²) in [5.74, 6) is 1.54. The molecule has 2 rings (SSSR count). The van der Waals surface area contributed by atoms with Crippen LogP contribution in [0.1, 0.15) is 59.3 Å². The minimum atomic E-state index is -0.190. The Kier molecular flexibility index (Phi) is 6.10. The molecular formula is C18H36N2O. The van der Waals surface area contributed by atoms with E-state index in [0.717, 1.165) is 25.4 Å². The van der Waals surface area contributed by atoms with Gasteiger partial charge in [0.1, 0.15) is 0 Å². The van der Waals surface area contributed by atoms with Gasteiger partial charge in [-0.2, -0.15) is 0 Å². The van der Waals surface area contributed by atoms with Gasteiger partial charge in [-0.1, -0.05) is 33.6 Å². The number of nitrogens with one attached hydrogen (secondary N) is 1. The van der Waals surface area contributed by atoms with E-state index in [1.807, 2.05) is 0 Å². The van der Waals surface area contributed by atoms with Crippen LogP contribution < -0.4 is 5.32 Å². The highest BCUT2D eigenvalue weighted by Crippen LogP contribution is 2.29. The topological polar surface area (TPSA) is 35.5 Å². The van der Waals surface area contributed by atoms with Crippen molar-refractivity contribution in [1.82, 2.24) is 10.2 Å². The molecule has 0 aromatic rings. The number of piperidine rings is 1. The van der Waals surface area contributed by atoms with Crippen LogP contribution in [0.25, 0.3) is 0 Å². The fourth-order valence-electron chi connectivity index (χ4n) is 3.98. The van der Waals surface area contributed by atoms with Crippen molar-refractivity contribution in [3.8, 4) is 0 Å². The van der Waals surface area contributed by atoms with Crippen LogP contribution in [-0.2, 0) is 0 Å². The lowest BCUT2D eigenvalue weighted by Gasteiger charge is -2.39. The lowest BCUT2D eigenvalue weighted by molar-refractivity contribution is 0.0251. The molecule has 3 atom stereocenters. The number of hydrogen-bond acceptors (Lipinski definition) is 3. The summed E-state index contributed by atoms with van der Waals surface area (Å²) in [6, 6.07) is 0.613. The van der Waals surface area contributed by atoms with Crippen molar-refractivity contribution in [2.24, 2.45) is 17.3 Å². The molecule has 21 heavy (non-hydrogen) atoms. The van der Waals surface area contributed by atoms with E-state index in [9.17, 15) is 5.11 Å². The van der Waals surface area contributed by atoms with Crippen LogP contribution >= 0.6 is 0 Å². The Morgan fingerprint density at radius 3 is 2.43 bits per heavy atom. The molecule has 0 bridgehead atoms. The Morgan fingerprint density at radius 1 is 1.14 bits per heavy atom. The minimum Gasteiger partial charge on any atom is -0.393 e. The van der Waals surface area contributed by atoms with E-state index < -0.39 is 0 Å². The zero-order chi connectivity index (χ0) is 15.5. The van der Waals surface area contributed by atoms with Gasteiger partial charge in [0.15, 0.2) is 0 Å². The second kappa shape index (κ2) is 7.43. The molecule has 1 saturated carbocycles. The first kappa shape index (κ1) is 17.2. The van der Waals surface area contributed by atoms with Gasteiger partial charge in [0.2, 0.25) is 0 Å². The first-order chi connectivity index (χ1) is 9.84. The van der Waals surface area contributed by atoms with E-state index in [1.165, 1.54) is 38.6 Å². The SMILES string of the molecule is CN1CC(CC(O)C(C)(C)C)CC(NCC2CCCC2)C1. The van der Waals surface area contributed by atoms with Crippen LogP contribution in [0.4, 0.5) is 0 Å². The molecule has 2 fully saturated rings. The number of hydrogen-bond donors (Lipinski definition) is 2. The standard InChI is InChI=1S/C18H36N2O/c1-18(2,3)17(21)10-15-9-16(13-20(4)12-15)19-11-14-7-5-6-8-14/h14-17,19,21H,5-13H2,1-4H3. The fourth-order valence-corrected chi connectivity index (χ4v) is 3.98. The molecule has 0 spiro atoms. The summed E-state index contributed by atoms with van der Waals surface area (Å²) in [6.07, 6.45) is 7.67. The zero-order valence-electron chi connectivity index (χ0n) is 14.6. The van der Waals surface area contributed by atoms with E-state index in [0.29, 0.717) is 12.0 Å². The van der Waals surface area contributed by atoms with Crippen molar-refractivity contribution >= 4 is 0 Å². The van der Waals surface area contributed by atoms with Crippen LogP contribution in [0.15, 0.2) is 0 Å².